The lowest BCUT2D eigenvalue weighted by Gasteiger charge is -2.05. The molecular weight excluding hydrogens is 236 g/mol. The number of benzene rings is 2. The van der Waals surface area contributed by atoms with Gasteiger partial charge in [0.2, 0.25) is 0 Å². The number of aromatic nitrogens is 2. The monoisotopic (exact) mass is 248 g/mol. The normalized spacial score (nSPS) is 11.6. The van der Waals surface area contributed by atoms with Gasteiger partial charge in [-0.2, -0.15) is 0 Å². The van der Waals surface area contributed by atoms with E-state index in [9.17, 15) is 5.11 Å². The second kappa shape index (κ2) is 3.80. The Hall–Kier alpha value is -2.39. The minimum absolute atomic E-state index is 0.00630. The van der Waals surface area contributed by atoms with Crippen molar-refractivity contribution in [2.45, 2.75) is 6.61 Å². The highest BCUT2D eigenvalue weighted by atomic mass is 16.3. The van der Waals surface area contributed by atoms with Gasteiger partial charge in [-0.05, 0) is 12.1 Å². The van der Waals surface area contributed by atoms with Gasteiger partial charge in [0.15, 0.2) is 0 Å². The number of para-hydroxylation sites is 2. The van der Waals surface area contributed by atoms with Gasteiger partial charge in [0, 0.05) is 21.9 Å². The van der Waals surface area contributed by atoms with Crippen LogP contribution in [0, 0.1) is 0 Å². The summed E-state index contributed by atoms with van der Waals surface area (Å²) in [5, 5.41) is 11.8. The molecule has 2 aromatic carbocycles. The Labute approximate surface area is 109 Å². The molecule has 4 rings (SSSR count). The van der Waals surface area contributed by atoms with Gasteiger partial charge in [-0.15, -0.1) is 0 Å². The van der Waals surface area contributed by atoms with Gasteiger partial charge < -0.3 is 10.1 Å². The van der Waals surface area contributed by atoms with E-state index in [1.54, 1.807) is 0 Å². The number of pyridine rings is 1. The second-order valence-corrected chi connectivity index (χ2v) is 4.66. The molecule has 3 heteroatoms. The van der Waals surface area contributed by atoms with Gasteiger partial charge in [0.25, 0.3) is 0 Å². The number of nitrogens with one attached hydrogen (secondary N) is 1. The summed E-state index contributed by atoms with van der Waals surface area (Å²) < 4.78 is 0. The van der Waals surface area contributed by atoms with Crippen LogP contribution in [-0.4, -0.2) is 15.1 Å². The number of nitrogens with zero attached hydrogens (tertiary/aromatic N) is 1. The molecule has 0 saturated carbocycles. The minimum Gasteiger partial charge on any atom is -0.392 e. The standard InChI is InChI=1S/C16H12N2O/c19-9-12-10-5-1-3-7-13(10)17-15-11-6-2-4-8-14(11)18-16(12)15/h1-8,18-19H,9H2. The van der Waals surface area contributed by atoms with Crippen LogP contribution < -0.4 is 0 Å². The number of H-pyrrole nitrogens is 1. The van der Waals surface area contributed by atoms with Crippen molar-refractivity contribution in [3.63, 3.8) is 0 Å². The molecule has 0 atom stereocenters. The van der Waals surface area contributed by atoms with Gasteiger partial charge in [-0.1, -0.05) is 36.4 Å². The maximum atomic E-state index is 9.71. The molecule has 0 aliphatic heterocycles. The third-order valence-corrected chi connectivity index (χ3v) is 3.60. The Bertz CT molecular complexity index is 908. The van der Waals surface area contributed by atoms with Crippen molar-refractivity contribution in [3.8, 4) is 0 Å². The first kappa shape index (κ1) is 10.5. The molecule has 0 aliphatic rings. The van der Waals surface area contributed by atoms with Crippen LogP contribution >= 0.6 is 0 Å². The molecule has 0 fully saturated rings. The van der Waals surface area contributed by atoms with E-state index in [0.717, 1.165) is 38.4 Å². The summed E-state index contributed by atoms with van der Waals surface area (Å²) in [5.41, 5.74) is 4.75. The summed E-state index contributed by atoms with van der Waals surface area (Å²) in [4.78, 5) is 8.10. The molecule has 4 aromatic rings. The van der Waals surface area contributed by atoms with Crippen molar-refractivity contribution >= 4 is 32.8 Å². The predicted molar refractivity (Wildman–Crippen MR) is 77.0 cm³/mol. The number of rotatable bonds is 1. The lowest BCUT2D eigenvalue weighted by atomic mass is 10.1. The molecule has 2 N–H and O–H groups in total. The Morgan fingerprint density at radius 3 is 2.53 bits per heavy atom. The SMILES string of the molecule is OCc1c2ccccc2nc2c1[nH]c1ccccc12. The van der Waals surface area contributed by atoms with E-state index in [2.05, 4.69) is 11.1 Å². The molecule has 0 bridgehead atoms. The van der Waals surface area contributed by atoms with Crippen molar-refractivity contribution < 1.29 is 5.11 Å². The van der Waals surface area contributed by atoms with Crippen molar-refractivity contribution in [2.24, 2.45) is 0 Å². The van der Waals surface area contributed by atoms with Crippen LogP contribution in [0.1, 0.15) is 5.56 Å². The molecule has 3 nitrogen and oxygen atoms in total. The molecule has 0 radical (unpaired) electrons. The highest BCUT2D eigenvalue weighted by Gasteiger charge is 2.12. The molecule has 2 aromatic heterocycles. The van der Waals surface area contributed by atoms with Crippen molar-refractivity contribution in [1.82, 2.24) is 9.97 Å². The van der Waals surface area contributed by atoms with Crippen LogP contribution in [0.4, 0.5) is 0 Å². The smallest absolute Gasteiger partial charge is 0.0969 e. The minimum atomic E-state index is 0.00630. The van der Waals surface area contributed by atoms with Crippen LogP contribution in [0.15, 0.2) is 48.5 Å². The van der Waals surface area contributed by atoms with E-state index in [-0.39, 0.29) is 6.61 Å². The van der Waals surface area contributed by atoms with Gasteiger partial charge in [0.05, 0.1) is 23.2 Å². The molecule has 19 heavy (non-hydrogen) atoms. The summed E-state index contributed by atoms with van der Waals surface area (Å²) in [6, 6.07) is 16.0. The molecular formula is C16H12N2O. The first-order valence-electron chi connectivity index (χ1n) is 6.27. The first-order chi connectivity index (χ1) is 9.38. The molecule has 2 heterocycles. The van der Waals surface area contributed by atoms with Crippen LogP contribution in [0.25, 0.3) is 32.8 Å². The fourth-order valence-electron chi connectivity index (χ4n) is 2.71. The van der Waals surface area contributed by atoms with Crippen LogP contribution in [0.2, 0.25) is 0 Å². The predicted octanol–water partition coefficient (Wildman–Crippen LogP) is 3.36. The highest BCUT2D eigenvalue weighted by Crippen LogP contribution is 2.30. The van der Waals surface area contributed by atoms with E-state index in [0.29, 0.717) is 0 Å². The van der Waals surface area contributed by atoms with E-state index in [4.69, 9.17) is 4.98 Å². The zero-order valence-corrected chi connectivity index (χ0v) is 10.2. The Kier molecular flexibility index (Phi) is 2.11. The number of aliphatic hydroxyl groups is 1. The van der Waals surface area contributed by atoms with E-state index >= 15 is 0 Å². The third kappa shape index (κ3) is 1.39. The quantitative estimate of drug-likeness (QED) is 0.542. The van der Waals surface area contributed by atoms with Crippen molar-refractivity contribution in [1.29, 1.82) is 0 Å². The molecule has 0 saturated heterocycles. The maximum absolute atomic E-state index is 9.71. The summed E-state index contributed by atoms with van der Waals surface area (Å²) in [6.45, 7) is 0.00630. The second-order valence-electron chi connectivity index (χ2n) is 4.66. The zero-order chi connectivity index (χ0) is 12.8. The van der Waals surface area contributed by atoms with Crippen LogP contribution in [0.3, 0.4) is 0 Å². The number of aliphatic hydroxyl groups excluding tert-OH is 1. The van der Waals surface area contributed by atoms with Gasteiger partial charge in [0.1, 0.15) is 0 Å². The van der Waals surface area contributed by atoms with Crippen LogP contribution in [0.5, 0.6) is 0 Å². The molecule has 0 spiro atoms. The third-order valence-electron chi connectivity index (χ3n) is 3.60. The largest absolute Gasteiger partial charge is 0.392 e. The molecule has 0 unspecified atom stereocenters. The highest BCUT2D eigenvalue weighted by molar-refractivity contribution is 6.10. The summed E-state index contributed by atoms with van der Waals surface area (Å²) in [7, 11) is 0. The van der Waals surface area contributed by atoms with Crippen LogP contribution in [-0.2, 0) is 6.61 Å². The fourth-order valence-corrected chi connectivity index (χ4v) is 2.71. The number of hydrogen-bond acceptors (Lipinski definition) is 2. The van der Waals surface area contributed by atoms with Crippen molar-refractivity contribution in [2.75, 3.05) is 0 Å². The van der Waals surface area contributed by atoms with Crippen molar-refractivity contribution in [3.05, 3.63) is 54.1 Å². The van der Waals surface area contributed by atoms with E-state index in [1.807, 2.05) is 42.5 Å². The lowest BCUT2D eigenvalue weighted by Crippen LogP contribution is -1.91. The Balaban J connectivity index is 2.31. The summed E-state index contributed by atoms with van der Waals surface area (Å²) >= 11 is 0. The Morgan fingerprint density at radius 2 is 1.68 bits per heavy atom. The summed E-state index contributed by atoms with van der Waals surface area (Å²) in [5.74, 6) is 0. The maximum Gasteiger partial charge on any atom is 0.0969 e. The average Bonchev–Trinajstić information content (AvgIpc) is 2.83. The number of fused-ring (bicyclic) bond motifs is 4. The first-order valence-corrected chi connectivity index (χ1v) is 6.27. The Morgan fingerprint density at radius 1 is 0.947 bits per heavy atom. The zero-order valence-electron chi connectivity index (χ0n) is 10.2. The number of hydrogen-bond donors (Lipinski definition) is 2. The van der Waals surface area contributed by atoms with E-state index < -0.39 is 0 Å². The summed E-state index contributed by atoms with van der Waals surface area (Å²) in [6.07, 6.45) is 0. The fraction of sp³-hybridized carbons (Fsp3) is 0.0625. The van der Waals surface area contributed by atoms with Gasteiger partial charge in [-0.3, -0.25) is 0 Å². The topological polar surface area (TPSA) is 48.9 Å². The van der Waals surface area contributed by atoms with E-state index in [1.165, 1.54) is 0 Å². The molecule has 92 valence electrons. The average molecular weight is 248 g/mol. The molecule has 0 amide bonds. The van der Waals surface area contributed by atoms with Gasteiger partial charge in [-0.25, -0.2) is 4.98 Å². The lowest BCUT2D eigenvalue weighted by molar-refractivity contribution is 0.284. The van der Waals surface area contributed by atoms with Gasteiger partial charge >= 0.3 is 0 Å². The molecule has 0 aliphatic carbocycles. The number of aromatic amines is 1.